The van der Waals surface area contributed by atoms with Crippen LogP contribution in [0.4, 0.5) is 0 Å². The molecule has 3 rings (SSSR count). The SMILES string of the molecule is CCCCCCCCCC(=O)N(CCO)CCOC(c1ccccc1)(c1ccc(OC)cc1)c1ccc(OC)cc1.[H-].[Li+]. The fourth-order valence-corrected chi connectivity index (χ4v) is 5.26. The fourth-order valence-electron chi connectivity index (χ4n) is 5.26. The van der Waals surface area contributed by atoms with Crippen LogP contribution in [0.5, 0.6) is 11.5 Å². The summed E-state index contributed by atoms with van der Waals surface area (Å²) in [5, 5.41) is 9.71. The summed E-state index contributed by atoms with van der Waals surface area (Å²) in [4.78, 5) is 14.8. The molecule has 224 valence electrons. The van der Waals surface area contributed by atoms with Crippen LogP contribution in [-0.2, 0) is 15.1 Å². The van der Waals surface area contributed by atoms with Crippen LogP contribution < -0.4 is 28.3 Å². The van der Waals surface area contributed by atoms with Gasteiger partial charge in [-0.2, -0.15) is 0 Å². The van der Waals surface area contributed by atoms with Crippen molar-refractivity contribution in [1.29, 1.82) is 0 Å². The Hall–Kier alpha value is -2.75. The van der Waals surface area contributed by atoms with E-state index < -0.39 is 5.60 Å². The predicted molar refractivity (Wildman–Crippen MR) is 166 cm³/mol. The quantitative estimate of drug-likeness (QED) is 0.134. The smallest absolute Gasteiger partial charge is 1.00 e. The molecule has 0 fully saturated rings. The van der Waals surface area contributed by atoms with Crippen LogP contribution >= 0.6 is 0 Å². The van der Waals surface area contributed by atoms with Crippen molar-refractivity contribution in [1.82, 2.24) is 4.90 Å². The van der Waals surface area contributed by atoms with Gasteiger partial charge in [0.1, 0.15) is 17.1 Å². The Morgan fingerprint density at radius 3 is 1.74 bits per heavy atom. The van der Waals surface area contributed by atoms with E-state index in [4.69, 9.17) is 14.2 Å². The molecule has 0 atom stereocenters. The molecule has 7 heteroatoms. The van der Waals surface area contributed by atoms with Gasteiger partial charge in [-0.1, -0.05) is 100 Å². The number of amides is 1. The number of methoxy groups -OCH3 is 2. The van der Waals surface area contributed by atoms with Gasteiger partial charge >= 0.3 is 18.9 Å². The molecule has 0 radical (unpaired) electrons. The zero-order valence-corrected chi connectivity index (χ0v) is 26.0. The van der Waals surface area contributed by atoms with E-state index in [2.05, 4.69) is 19.1 Å². The van der Waals surface area contributed by atoms with Gasteiger partial charge in [0, 0.05) is 19.5 Å². The molecule has 0 aromatic heterocycles. The van der Waals surface area contributed by atoms with Gasteiger partial charge in [0.2, 0.25) is 5.91 Å². The number of carbonyl (C=O) groups is 1. The van der Waals surface area contributed by atoms with Crippen LogP contribution in [0, 0.1) is 0 Å². The molecule has 0 aliphatic heterocycles. The predicted octanol–water partition coefficient (Wildman–Crippen LogP) is 4.09. The third-order valence-corrected chi connectivity index (χ3v) is 7.57. The van der Waals surface area contributed by atoms with Crippen molar-refractivity contribution in [2.24, 2.45) is 0 Å². The number of aliphatic hydroxyl groups excluding tert-OH is 1. The number of ether oxygens (including phenoxy) is 3. The van der Waals surface area contributed by atoms with Crippen molar-refractivity contribution in [3.63, 3.8) is 0 Å². The standard InChI is InChI=1S/C35H47NO5.Li.H/c1-4-5-6-7-8-9-13-16-34(38)36(25-27-37)26-28-41-35(29-14-11-10-12-15-29,30-17-21-32(39-2)22-18-30)31-19-23-33(40-3)24-20-31;;/h10-12,14-15,17-24,37H,4-9,13,16,25-28H2,1-3H3;;/q;+1;-1. The molecule has 0 saturated heterocycles. The van der Waals surface area contributed by atoms with Gasteiger partial charge in [-0.3, -0.25) is 4.79 Å². The van der Waals surface area contributed by atoms with E-state index in [1.807, 2.05) is 66.7 Å². The minimum atomic E-state index is -0.938. The maximum Gasteiger partial charge on any atom is 1.00 e. The minimum absolute atomic E-state index is 0. The van der Waals surface area contributed by atoms with Crippen molar-refractivity contribution in [2.45, 2.75) is 63.9 Å². The largest absolute Gasteiger partial charge is 1.00 e. The second kappa shape index (κ2) is 19.4. The molecule has 3 aromatic rings. The van der Waals surface area contributed by atoms with Gasteiger partial charge < -0.3 is 25.6 Å². The van der Waals surface area contributed by atoms with Crippen molar-refractivity contribution in [3.8, 4) is 11.5 Å². The van der Waals surface area contributed by atoms with E-state index in [0.717, 1.165) is 41.0 Å². The van der Waals surface area contributed by atoms with Gasteiger partial charge in [-0.05, 0) is 47.4 Å². The van der Waals surface area contributed by atoms with Crippen LogP contribution in [0.15, 0.2) is 78.9 Å². The first-order valence-electron chi connectivity index (χ1n) is 15.0. The summed E-state index contributed by atoms with van der Waals surface area (Å²) in [6.07, 6.45) is 8.61. The molecule has 3 aromatic carbocycles. The van der Waals surface area contributed by atoms with Gasteiger partial charge in [0.05, 0.1) is 27.4 Å². The fraction of sp³-hybridized carbons (Fsp3) is 0.457. The topological polar surface area (TPSA) is 68.2 Å². The zero-order chi connectivity index (χ0) is 29.3. The Morgan fingerprint density at radius 2 is 1.24 bits per heavy atom. The molecule has 0 heterocycles. The molecule has 0 aliphatic rings. The number of carbonyl (C=O) groups excluding carboxylic acids is 1. The second-order valence-electron chi connectivity index (χ2n) is 10.3. The molecule has 0 unspecified atom stereocenters. The van der Waals surface area contributed by atoms with Crippen molar-refractivity contribution in [2.75, 3.05) is 40.5 Å². The second-order valence-corrected chi connectivity index (χ2v) is 10.3. The van der Waals surface area contributed by atoms with Crippen molar-refractivity contribution < 1.29 is 44.4 Å². The summed E-state index contributed by atoms with van der Waals surface area (Å²) in [7, 11) is 3.30. The third-order valence-electron chi connectivity index (χ3n) is 7.57. The van der Waals surface area contributed by atoms with E-state index in [1.54, 1.807) is 19.1 Å². The van der Waals surface area contributed by atoms with E-state index in [1.165, 1.54) is 32.1 Å². The molecule has 42 heavy (non-hydrogen) atoms. The molecular formula is C35H48LiNO5. The number of hydrogen-bond donors (Lipinski definition) is 1. The van der Waals surface area contributed by atoms with Crippen molar-refractivity contribution in [3.05, 3.63) is 95.6 Å². The van der Waals surface area contributed by atoms with Crippen LogP contribution in [-0.4, -0.2) is 56.4 Å². The number of unbranched alkanes of at least 4 members (excludes halogenated alkanes) is 6. The first kappa shape index (κ1) is 35.4. The van der Waals surface area contributed by atoms with Gasteiger partial charge in [0.15, 0.2) is 0 Å². The summed E-state index contributed by atoms with van der Waals surface area (Å²) < 4.78 is 17.7. The Kier molecular flexibility index (Phi) is 16.4. The first-order valence-corrected chi connectivity index (χ1v) is 15.0. The van der Waals surface area contributed by atoms with E-state index in [0.29, 0.717) is 19.5 Å². The average Bonchev–Trinajstić information content (AvgIpc) is 3.03. The maximum atomic E-state index is 13.1. The number of aliphatic hydroxyl groups is 1. The summed E-state index contributed by atoms with van der Waals surface area (Å²) >= 11 is 0. The Labute approximate surface area is 266 Å². The number of hydrogen-bond acceptors (Lipinski definition) is 5. The molecule has 1 amide bonds. The monoisotopic (exact) mass is 569 g/mol. The summed E-state index contributed by atoms with van der Waals surface area (Å²) in [6, 6.07) is 25.9. The number of benzene rings is 3. The van der Waals surface area contributed by atoms with E-state index in [9.17, 15) is 9.90 Å². The normalized spacial score (nSPS) is 11.0. The van der Waals surface area contributed by atoms with E-state index >= 15 is 0 Å². The summed E-state index contributed by atoms with van der Waals surface area (Å²) in [6.45, 7) is 3.11. The van der Waals surface area contributed by atoms with Gasteiger partial charge in [0.25, 0.3) is 0 Å². The minimum Gasteiger partial charge on any atom is -1.00 e. The average molecular weight is 570 g/mol. The van der Waals surface area contributed by atoms with Crippen LogP contribution in [0.1, 0.15) is 76.4 Å². The molecule has 0 spiro atoms. The Balaban J connectivity index is 0.00000462. The van der Waals surface area contributed by atoms with Crippen molar-refractivity contribution >= 4 is 5.91 Å². The zero-order valence-electron chi connectivity index (χ0n) is 27.0. The van der Waals surface area contributed by atoms with Crippen LogP contribution in [0.3, 0.4) is 0 Å². The third kappa shape index (κ3) is 9.92. The maximum absolute atomic E-state index is 13.1. The van der Waals surface area contributed by atoms with Gasteiger partial charge in [-0.25, -0.2) is 0 Å². The number of nitrogens with zero attached hydrogens (tertiary/aromatic N) is 1. The Bertz CT molecular complexity index is 1100. The molecule has 0 saturated carbocycles. The van der Waals surface area contributed by atoms with Crippen LogP contribution in [0.25, 0.3) is 0 Å². The molecule has 1 N–H and O–H groups in total. The summed E-state index contributed by atoms with van der Waals surface area (Å²) in [5.74, 6) is 1.58. The molecule has 0 bridgehead atoms. The molecule has 6 nitrogen and oxygen atoms in total. The Morgan fingerprint density at radius 1 is 0.738 bits per heavy atom. The number of rotatable bonds is 19. The first-order chi connectivity index (χ1) is 20.1. The molecule has 0 aliphatic carbocycles. The summed E-state index contributed by atoms with van der Waals surface area (Å²) in [5.41, 5.74) is 1.92. The van der Waals surface area contributed by atoms with Crippen LogP contribution in [0.2, 0.25) is 0 Å². The van der Waals surface area contributed by atoms with E-state index in [-0.39, 0.29) is 39.4 Å². The van der Waals surface area contributed by atoms with Gasteiger partial charge in [-0.15, -0.1) is 0 Å². The molecular weight excluding hydrogens is 521 g/mol.